The first kappa shape index (κ1) is 14.1. The van der Waals surface area contributed by atoms with Gasteiger partial charge in [0, 0.05) is 19.6 Å². The highest BCUT2D eigenvalue weighted by Crippen LogP contribution is 2.49. The molecule has 0 saturated carbocycles. The average molecular weight is 300 g/mol. The van der Waals surface area contributed by atoms with Crippen molar-refractivity contribution in [1.29, 1.82) is 0 Å². The van der Waals surface area contributed by atoms with Gasteiger partial charge in [0.2, 0.25) is 0 Å². The summed E-state index contributed by atoms with van der Waals surface area (Å²) in [5, 5.41) is 0. The summed E-state index contributed by atoms with van der Waals surface area (Å²) in [7, 11) is 0. The molecule has 1 aliphatic heterocycles. The Kier molecular flexibility index (Phi) is 3.87. The normalized spacial score (nSPS) is 13.5. The smallest absolute Gasteiger partial charge is 0.0265 e. The predicted molar refractivity (Wildman–Crippen MR) is 89.3 cm³/mol. The molecule has 0 fully saturated rings. The van der Waals surface area contributed by atoms with Crippen LogP contribution in [0, 0.1) is 0 Å². The molecule has 0 unspecified atom stereocenters. The van der Waals surface area contributed by atoms with E-state index in [0.29, 0.717) is 11.8 Å². The van der Waals surface area contributed by atoms with E-state index >= 15 is 0 Å². The lowest BCUT2D eigenvalue weighted by Crippen LogP contribution is -1.95. The van der Waals surface area contributed by atoms with Gasteiger partial charge >= 0.3 is 0 Å². The summed E-state index contributed by atoms with van der Waals surface area (Å²) in [6.45, 7) is 9.02. The van der Waals surface area contributed by atoms with E-state index < -0.39 is 0 Å². The summed E-state index contributed by atoms with van der Waals surface area (Å²) in [5.41, 5.74) is 2.86. The lowest BCUT2D eigenvalue weighted by atomic mass is 10.0. The molecule has 0 nitrogen and oxygen atoms in total. The van der Waals surface area contributed by atoms with Crippen LogP contribution in [0.15, 0.2) is 56.0 Å². The fraction of sp³-hybridized carbons (Fsp3) is 0.333. The van der Waals surface area contributed by atoms with Crippen molar-refractivity contribution < 1.29 is 0 Å². The van der Waals surface area contributed by atoms with Crippen LogP contribution in [0.25, 0.3) is 0 Å². The van der Waals surface area contributed by atoms with Gasteiger partial charge in [0.05, 0.1) is 0 Å². The zero-order chi connectivity index (χ0) is 14.3. The summed E-state index contributed by atoms with van der Waals surface area (Å²) in [5.74, 6) is 1.19. The van der Waals surface area contributed by atoms with E-state index in [4.69, 9.17) is 0 Å². The van der Waals surface area contributed by atoms with Crippen LogP contribution in [0.4, 0.5) is 0 Å². The number of fused-ring (bicyclic) bond motifs is 2. The SMILES string of the molecule is CC(C)c1ccc2c(c1)Sc1ccc(C(C)C)cc1S2. The molecule has 0 bridgehead atoms. The highest BCUT2D eigenvalue weighted by atomic mass is 32.2. The monoisotopic (exact) mass is 300 g/mol. The highest BCUT2D eigenvalue weighted by molar-refractivity contribution is 8.05. The molecule has 0 aliphatic carbocycles. The van der Waals surface area contributed by atoms with Crippen LogP contribution in [0.3, 0.4) is 0 Å². The molecule has 2 heteroatoms. The number of benzene rings is 2. The summed E-state index contributed by atoms with van der Waals surface area (Å²) in [6, 6.07) is 13.8. The molecule has 0 spiro atoms. The van der Waals surface area contributed by atoms with Crippen LogP contribution in [0.5, 0.6) is 0 Å². The minimum Gasteiger partial charge on any atom is -0.0877 e. The Morgan fingerprint density at radius 1 is 0.600 bits per heavy atom. The molecule has 3 rings (SSSR count). The van der Waals surface area contributed by atoms with Gasteiger partial charge in [0.15, 0.2) is 0 Å². The van der Waals surface area contributed by atoms with Crippen molar-refractivity contribution in [3.63, 3.8) is 0 Å². The standard InChI is InChI=1S/C18H20S2/c1-11(2)13-5-7-15-17(9-13)19-16-8-6-14(12(3)4)10-18(16)20-15/h5-12H,1-4H3. The fourth-order valence-corrected chi connectivity index (χ4v) is 4.62. The van der Waals surface area contributed by atoms with E-state index in [9.17, 15) is 0 Å². The minimum atomic E-state index is 0.593. The number of hydrogen-bond acceptors (Lipinski definition) is 2. The Morgan fingerprint density at radius 3 is 1.35 bits per heavy atom. The minimum absolute atomic E-state index is 0.593. The predicted octanol–water partition coefficient (Wildman–Crippen LogP) is 6.55. The Bertz CT molecular complexity index is 584. The van der Waals surface area contributed by atoms with Gasteiger partial charge in [-0.1, -0.05) is 63.4 Å². The average Bonchev–Trinajstić information content (AvgIpc) is 2.43. The zero-order valence-corrected chi connectivity index (χ0v) is 14.1. The molecule has 20 heavy (non-hydrogen) atoms. The van der Waals surface area contributed by atoms with Gasteiger partial charge in [-0.3, -0.25) is 0 Å². The van der Waals surface area contributed by atoms with Crippen molar-refractivity contribution >= 4 is 23.5 Å². The maximum Gasteiger partial charge on any atom is 0.0265 e. The lowest BCUT2D eigenvalue weighted by Gasteiger charge is -2.21. The van der Waals surface area contributed by atoms with E-state index in [1.165, 1.54) is 30.7 Å². The third-order valence-corrected chi connectivity index (χ3v) is 6.23. The maximum absolute atomic E-state index is 2.36. The van der Waals surface area contributed by atoms with Gasteiger partial charge in [-0.15, -0.1) is 0 Å². The molecule has 0 atom stereocenters. The second-order valence-electron chi connectivity index (χ2n) is 5.93. The Balaban J connectivity index is 1.97. The molecule has 0 radical (unpaired) electrons. The van der Waals surface area contributed by atoms with Crippen molar-refractivity contribution in [1.82, 2.24) is 0 Å². The van der Waals surface area contributed by atoms with Gasteiger partial charge < -0.3 is 0 Å². The first-order chi connectivity index (χ1) is 9.54. The van der Waals surface area contributed by atoms with Crippen LogP contribution in [0.1, 0.15) is 50.7 Å². The van der Waals surface area contributed by atoms with Gasteiger partial charge in [-0.2, -0.15) is 0 Å². The van der Waals surface area contributed by atoms with Crippen molar-refractivity contribution in [2.75, 3.05) is 0 Å². The van der Waals surface area contributed by atoms with Crippen LogP contribution >= 0.6 is 23.5 Å². The molecular weight excluding hydrogens is 280 g/mol. The fourth-order valence-electron chi connectivity index (χ4n) is 2.33. The van der Waals surface area contributed by atoms with Crippen LogP contribution in [0.2, 0.25) is 0 Å². The molecule has 0 N–H and O–H groups in total. The van der Waals surface area contributed by atoms with Crippen LogP contribution < -0.4 is 0 Å². The third-order valence-electron chi connectivity index (χ3n) is 3.71. The highest BCUT2D eigenvalue weighted by Gasteiger charge is 2.18. The van der Waals surface area contributed by atoms with E-state index in [0.717, 1.165) is 0 Å². The van der Waals surface area contributed by atoms with Crippen LogP contribution in [-0.4, -0.2) is 0 Å². The number of hydrogen-bond donors (Lipinski definition) is 0. The zero-order valence-electron chi connectivity index (χ0n) is 12.4. The van der Waals surface area contributed by atoms with Gasteiger partial charge in [-0.05, 0) is 47.2 Å². The van der Waals surface area contributed by atoms with E-state index in [1.807, 2.05) is 23.5 Å². The number of rotatable bonds is 2. The van der Waals surface area contributed by atoms with Crippen LogP contribution in [-0.2, 0) is 0 Å². The Hall–Kier alpha value is -0.860. The summed E-state index contributed by atoms with van der Waals surface area (Å²) in [6.07, 6.45) is 0. The summed E-state index contributed by atoms with van der Waals surface area (Å²) in [4.78, 5) is 5.61. The summed E-state index contributed by atoms with van der Waals surface area (Å²) >= 11 is 3.83. The van der Waals surface area contributed by atoms with Crippen molar-refractivity contribution in [3.8, 4) is 0 Å². The molecule has 0 amide bonds. The van der Waals surface area contributed by atoms with E-state index in [-0.39, 0.29) is 0 Å². The van der Waals surface area contributed by atoms with Gasteiger partial charge in [0.25, 0.3) is 0 Å². The van der Waals surface area contributed by atoms with Crippen molar-refractivity contribution in [2.24, 2.45) is 0 Å². The lowest BCUT2D eigenvalue weighted by molar-refractivity contribution is 0.853. The van der Waals surface area contributed by atoms with Crippen molar-refractivity contribution in [3.05, 3.63) is 47.5 Å². The van der Waals surface area contributed by atoms with Gasteiger partial charge in [0.1, 0.15) is 0 Å². The second-order valence-corrected chi connectivity index (χ2v) is 8.09. The van der Waals surface area contributed by atoms with E-state index in [2.05, 4.69) is 64.1 Å². The maximum atomic E-state index is 2.36. The second kappa shape index (κ2) is 5.50. The van der Waals surface area contributed by atoms with E-state index in [1.54, 1.807) is 0 Å². The third kappa shape index (κ3) is 2.64. The molecule has 0 saturated heterocycles. The Morgan fingerprint density at radius 2 is 1.00 bits per heavy atom. The molecule has 0 aromatic heterocycles. The first-order valence-electron chi connectivity index (χ1n) is 7.18. The first-order valence-corrected chi connectivity index (χ1v) is 8.81. The quantitative estimate of drug-likeness (QED) is 0.526. The molecule has 1 heterocycles. The molecular formula is C18H20S2. The topological polar surface area (TPSA) is 0 Å². The molecule has 1 aliphatic rings. The largest absolute Gasteiger partial charge is 0.0877 e. The molecule has 104 valence electrons. The molecule has 2 aromatic rings. The summed E-state index contributed by atoms with van der Waals surface area (Å²) < 4.78 is 0. The molecule has 2 aromatic carbocycles. The van der Waals surface area contributed by atoms with Crippen molar-refractivity contribution in [2.45, 2.75) is 59.1 Å². The van der Waals surface area contributed by atoms with Gasteiger partial charge in [-0.25, -0.2) is 0 Å². The Labute approximate surface area is 130 Å².